The van der Waals surface area contributed by atoms with E-state index >= 15 is 0 Å². The molecule has 2 aromatic carbocycles. The SMILES string of the molecule is CCOc1c(OC)cc(/C=N/NS(=O)(=O)c2ccc(Br)cc2)cc1[N+](=O)[O-]. The molecular weight excluding hydrogens is 442 g/mol. The molecule has 144 valence electrons. The van der Waals surface area contributed by atoms with Gasteiger partial charge in [-0.2, -0.15) is 13.5 Å². The van der Waals surface area contributed by atoms with Crippen molar-refractivity contribution in [3.63, 3.8) is 0 Å². The average molecular weight is 458 g/mol. The van der Waals surface area contributed by atoms with E-state index < -0.39 is 14.9 Å². The molecule has 0 amide bonds. The lowest BCUT2D eigenvalue weighted by atomic mass is 10.2. The van der Waals surface area contributed by atoms with Crippen molar-refractivity contribution >= 4 is 37.9 Å². The van der Waals surface area contributed by atoms with E-state index in [1.165, 1.54) is 31.4 Å². The third kappa shape index (κ3) is 5.17. The topological polar surface area (TPSA) is 120 Å². The molecule has 9 nitrogen and oxygen atoms in total. The number of methoxy groups -OCH3 is 1. The summed E-state index contributed by atoms with van der Waals surface area (Å²) in [6, 6.07) is 8.65. The van der Waals surface area contributed by atoms with Gasteiger partial charge < -0.3 is 9.47 Å². The highest BCUT2D eigenvalue weighted by molar-refractivity contribution is 9.10. The first kappa shape index (κ1) is 20.6. The first-order valence-corrected chi connectivity index (χ1v) is 9.85. The number of ether oxygens (including phenoxy) is 2. The maximum Gasteiger partial charge on any atom is 0.315 e. The summed E-state index contributed by atoms with van der Waals surface area (Å²) in [5.41, 5.74) is -0.0473. The molecule has 0 radical (unpaired) electrons. The normalized spacial score (nSPS) is 11.4. The van der Waals surface area contributed by atoms with Gasteiger partial charge in [-0.3, -0.25) is 10.1 Å². The third-order valence-corrected chi connectivity index (χ3v) is 5.04. The lowest BCUT2D eigenvalue weighted by Crippen LogP contribution is -2.18. The minimum atomic E-state index is -3.86. The molecule has 27 heavy (non-hydrogen) atoms. The Labute approximate surface area is 164 Å². The van der Waals surface area contributed by atoms with Crippen LogP contribution in [0.3, 0.4) is 0 Å². The predicted molar refractivity (Wildman–Crippen MR) is 103 cm³/mol. The smallest absolute Gasteiger partial charge is 0.315 e. The van der Waals surface area contributed by atoms with Crippen molar-refractivity contribution < 1.29 is 22.8 Å². The third-order valence-electron chi connectivity index (χ3n) is 3.27. The molecule has 0 unspecified atom stereocenters. The molecule has 0 fully saturated rings. The molecule has 0 spiro atoms. The Balaban J connectivity index is 2.29. The number of benzene rings is 2. The second-order valence-corrected chi connectivity index (χ2v) is 7.64. The number of halogens is 1. The van der Waals surface area contributed by atoms with Crippen molar-refractivity contribution in [2.45, 2.75) is 11.8 Å². The zero-order chi connectivity index (χ0) is 20.0. The number of sulfonamides is 1. The fraction of sp³-hybridized carbons (Fsp3) is 0.188. The van der Waals surface area contributed by atoms with Gasteiger partial charge in [0.05, 0.1) is 29.8 Å². The summed E-state index contributed by atoms with van der Waals surface area (Å²) in [6.07, 6.45) is 1.14. The minimum Gasteiger partial charge on any atom is -0.493 e. The molecule has 0 aliphatic carbocycles. The Kier molecular flexibility index (Phi) is 6.75. The van der Waals surface area contributed by atoms with Gasteiger partial charge in [-0.1, -0.05) is 15.9 Å². The Morgan fingerprint density at radius 1 is 1.30 bits per heavy atom. The van der Waals surface area contributed by atoms with Crippen LogP contribution in [0.1, 0.15) is 12.5 Å². The predicted octanol–water partition coefficient (Wildman–Crippen LogP) is 3.08. The molecule has 0 heterocycles. The van der Waals surface area contributed by atoms with Gasteiger partial charge in [0, 0.05) is 16.1 Å². The number of nitro groups is 1. The average Bonchev–Trinajstić information content (AvgIpc) is 2.62. The zero-order valence-corrected chi connectivity index (χ0v) is 16.8. The van der Waals surface area contributed by atoms with Crippen LogP contribution in [0.15, 0.2) is 50.9 Å². The maximum absolute atomic E-state index is 12.2. The lowest BCUT2D eigenvalue weighted by molar-refractivity contribution is -0.385. The van der Waals surface area contributed by atoms with Crippen molar-refractivity contribution in [1.29, 1.82) is 0 Å². The molecule has 0 bridgehead atoms. The zero-order valence-electron chi connectivity index (χ0n) is 14.4. The van der Waals surface area contributed by atoms with Crippen molar-refractivity contribution in [3.8, 4) is 11.5 Å². The molecule has 2 aromatic rings. The summed E-state index contributed by atoms with van der Waals surface area (Å²) in [5, 5.41) is 14.9. The van der Waals surface area contributed by atoms with E-state index in [1.54, 1.807) is 19.1 Å². The monoisotopic (exact) mass is 457 g/mol. The Morgan fingerprint density at radius 2 is 1.96 bits per heavy atom. The first-order chi connectivity index (χ1) is 12.8. The maximum atomic E-state index is 12.2. The molecule has 0 atom stereocenters. The summed E-state index contributed by atoms with van der Waals surface area (Å²) in [4.78, 5) is 12.7. The van der Waals surface area contributed by atoms with Gasteiger partial charge in [0.15, 0.2) is 5.75 Å². The second kappa shape index (κ2) is 8.82. The Bertz CT molecular complexity index is 961. The van der Waals surface area contributed by atoms with Gasteiger partial charge in [0.25, 0.3) is 10.0 Å². The van der Waals surface area contributed by atoms with Crippen LogP contribution in [-0.2, 0) is 10.0 Å². The summed E-state index contributed by atoms with van der Waals surface area (Å²) >= 11 is 3.22. The molecule has 2 rings (SSSR count). The summed E-state index contributed by atoms with van der Waals surface area (Å²) in [7, 11) is -2.52. The number of hydrazone groups is 1. The van der Waals surface area contributed by atoms with Crippen molar-refractivity contribution in [2.24, 2.45) is 5.10 Å². The van der Waals surface area contributed by atoms with E-state index in [4.69, 9.17) is 9.47 Å². The summed E-state index contributed by atoms with van der Waals surface area (Å²) in [5.74, 6) is 0.140. The van der Waals surface area contributed by atoms with E-state index in [2.05, 4.69) is 25.9 Å². The number of rotatable bonds is 8. The molecule has 0 saturated heterocycles. The first-order valence-electron chi connectivity index (χ1n) is 7.58. The quantitative estimate of drug-likeness (QED) is 0.369. The highest BCUT2D eigenvalue weighted by atomic mass is 79.9. The van der Waals surface area contributed by atoms with Gasteiger partial charge in [-0.25, -0.2) is 4.83 Å². The van der Waals surface area contributed by atoms with E-state index in [0.29, 0.717) is 0 Å². The van der Waals surface area contributed by atoms with Gasteiger partial charge in [-0.05, 0) is 37.3 Å². The number of hydrogen-bond acceptors (Lipinski definition) is 7. The highest BCUT2D eigenvalue weighted by Gasteiger charge is 2.21. The molecule has 0 saturated carbocycles. The number of hydrogen-bond donors (Lipinski definition) is 1. The van der Waals surface area contributed by atoms with Crippen molar-refractivity contribution in [3.05, 3.63) is 56.5 Å². The number of nitro benzene ring substituents is 1. The lowest BCUT2D eigenvalue weighted by Gasteiger charge is -2.10. The molecule has 0 aliphatic rings. The second-order valence-electron chi connectivity index (χ2n) is 5.07. The minimum absolute atomic E-state index is 0.00223. The fourth-order valence-electron chi connectivity index (χ4n) is 2.10. The molecule has 0 aromatic heterocycles. The Morgan fingerprint density at radius 3 is 2.52 bits per heavy atom. The summed E-state index contributed by atoms with van der Waals surface area (Å²) in [6.45, 7) is 1.91. The molecule has 11 heteroatoms. The van der Waals surface area contributed by atoms with E-state index in [0.717, 1.165) is 10.7 Å². The van der Waals surface area contributed by atoms with Crippen molar-refractivity contribution in [2.75, 3.05) is 13.7 Å². The van der Waals surface area contributed by atoms with Crippen LogP contribution in [0.2, 0.25) is 0 Å². The van der Waals surface area contributed by atoms with Gasteiger partial charge in [-0.15, -0.1) is 0 Å². The van der Waals surface area contributed by atoms with Crippen LogP contribution >= 0.6 is 15.9 Å². The van der Waals surface area contributed by atoms with Gasteiger partial charge in [0.2, 0.25) is 5.75 Å². The van der Waals surface area contributed by atoms with E-state index in [1.807, 2.05) is 0 Å². The highest BCUT2D eigenvalue weighted by Crippen LogP contribution is 2.37. The summed E-state index contributed by atoms with van der Waals surface area (Å²) < 4.78 is 35.5. The van der Waals surface area contributed by atoms with Crippen LogP contribution in [0.4, 0.5) is 5.69 Å². The molecule has 1 N–H and O–H groups in total. The standard InChI is InChI=1S/C16H16BrN3O6S/c1-3-26-16-14(20(21)22)8-11(9-15(16)25-2)10-18-19-27(23,24)13-6-4-12(17)5-7-13/h4-10,19H,3H2,1-2H3/b18-10+. The van der Waals surface area contributed by atoms with Gasteiger partial charge >= 0.3 is 5.69 Å². The van der Waals surface area contributed by atoms with E-state index in [9.17, 15) is 18.5 Å². The van der Waals surface area contributed by atoms with Crippen LogP contribution in [0.5, 0.6) is 11.5 Å². The molecule has 0 aliphatic heterocycles. The largest absolute Gasteiger partial charge is 0.493 e. The van der Waals surface area contributed by atoms with Crippen LogP contribution < -0.4 is 14.3 Å². The van der Waals surface area contributed by atoms with Crippen LogP contribution in [0, 0.1) is 10.1 Å². The van der Waals surface area contributed by atoms with Crippen LogP contribution in [-0.4, -0.2) is 33.3 Å². The Hall–Kier alpha value is -2.66. The van der Waals surface area contributed by atoms with Gasteiger partial charge in [0.1, 0.15) is 0 Å². The van der Waals surface area contributed by atoms with Crippen LogP contribution in [0.25, 0.3) is 0 Å². The van der Waals surface area contributed by atoms with E-state index in [-0.39, 0.29) is 34.3 Å². The van der Waals surface area contributed by atoms with Crippen molar-refractivity contribution in [1.82, 2.24) is 4.83 Å². The fourth-order valence-corrected chi connectivity index (χ4v) is 3.15. The number of nitrogens with one attached hydrogen (secondary N) is 1. The molecular formula is C16H16BrN3O6S. The number of nitrogens with zero attached hydrogens (tertiary/aromatic N) is 2.